The van der Waals surface area contributed by atoms with Gasteiger partial charge in [-0.1, -0.05) is 0 Å². The lowest BCUT2D eigenvalue weighted by Gasteiger charge is -2.21. The molecule has 1 saturated carbocycles. The summed E-state index contributed by atoms with van der Waals surface area (Å²) in [5.74, 6) is 0.00157. The summed E-state index contributed by atoms with van der Waals surface area (Å²) in [7, 11) is 3.94. The van der Waals surface area contributed by atoms with Gasteiger partial charge in [-0.3, -0.25) is 9.89 Å². The summed E-state index contributed by atoms with van der Waals surface area (Å²) in [6.45, 7) is 1.69. The molecule has 16 heavy (non-hydrogen) atoms. The molecule has 0 radical (unpaired) electrons. The first kappa shape index (κ1) is 11.1. The Morgan fingerprint density at radius 1 is 1.50 bits per heavy atom. The van der Waals surface area contributed by atoms with Gasteiger partial charge in [0.2, 0.25) is 0 Å². The number of nitrogens with zero attached hydrogens (tertiary/aromatic N) is 3. The predicted octanol–water partition coefficient (Wildman–Crippen LogP) is 0.576. The lowest BCUT2D eigenvalue weighted by Crippen LogP contribution is -2.35. The van der Waals surface area contributed by atoms with Crippen molar-refractivity contribution in [2.75, 3.05) is 27.2 Å². The van der Waals surface area contributed by atoms with E-state index in [1.807, 2.05) is 7.05 Å². The normalized spacial score (nSPS) is 15.4. The van der Waals surface area contributed by atoms with Gasteiger partial charge in [0.25, 0.3) is 5.91 Å². The first-order valence-electron chi connectivity index (χ1n) is 5.63. The molecule has 1 N–H and O–H groups in total. The van der Waals surface area contributed by atoms with Crippen LogP contribution in [0.5, 0.6) is 0 Å². The summed E-state index contributed by atoms with van der Waals surface area (Å²) < 4.78 is 0. The Balaban J connectivity index is 1.78. The topological polar surface area (TPSA) is 52.2 Å². The van der Waals surface area contributed by atoms with Gasteiger partial charge in [-0.25, -0.2) is 0 Å². The Kier molecular flexibility index (Phi) is 3.24. The molecular weight excluding hydrogens is 204 g/mol. The highest BCUT2D eigenvalue weighted by atomic mass is 16.2. The van der Waals surface area contributed by atoms with E-state index in [2.05, 4.69) is 22.1 Å². The van der Waals surface area contributed by atoms with Crippen LogP contribution in [0.1, 0.15) is 23.3 Å². The number of hydrogen-bond donors (Lipinski definition) is 1. The Morgan fingerprint density at radius 3 is 2.81 bits per heavy atom. The van der Waals surface area contributed by atoms with Crippen molar-refractivity contribution in [3.63, 3.8) is 0 Å². The molecule has 0 spiro atoms. The molecule has 1 amide bonds. The maximum absolute atomic E-state index is 11.8. The Hall–Kier alpha value is -1.36. The van der Waals surface area contributed by atoms with E-state index in [4.69, 9.17) is 0 Å². The smallest absolute Gasteiger partial charge is 0.271 e. The Bertz CT molecular complexity index is 345. The van der Waals surface area contributed by atoms with E-state index in [1.165, 1.54) is 12.8 Å². The van der Waals surface area contributed by atoms with E-state index in [0.717, 1.165) is 19.1 Å². The molecule has 0 aliphatic heterocycles. The van der Waals surface area contributed by atoms with Crippen LogP contribution in [0.15, 0.2) is 12.3 Å². The predicted molar refractivity (Wildman–Crippen MR) is 61.2 cm³/mol. The molecule has 0 unspecified atom stereocenters. The van der Waals surface area contributed by atoms with Crippen molar-refractivity contribution < 1.29 is 4.79 Å². The summed E-state index contributed by atoms with van der Waals surface area (Å²) in [5.41, 5.74) is 0.552. The number of H-pyrrole nitrogens is 1. The minimum Gasteiger partial charge on any atom is -0.339 e. The highest BCUT2D eigenvalue weighted by Crippen LogP contribution is 2.24. The number of amides is 1. The summed E-state index contributed by atoms with van der Waals surface area (Å²) >= 11 is 0. The Morgan fingerprint density at radius 2 is 2.25 bits per heavy atom. The van der Waals surface area contributed by atoms with E-state index in [-0.39, 0.29) is 5.91 Å². The van der Waals surface area contributed by atoms with Crippen LogP contribution in [0, 0.1) is 0 Å². The van der Waals surface area contributed by atoms with E-state index in [0.29, 0.717) is 5.69 Å². The molecular formula is C11H18N4O. The number of aromatic nitrogens is 2. The minimum atomic E-state index is 0.00157. The van der Waals surface area contributed by atoms with E-state index in [9.17, 15) is 4.79 Å². The van der Waals surface area contributed by atoms with Crippen molar-refractivity contribution in [1.29, 1.82) is 0 Å². The molecule has 5 nitrogen and oxygen atoms in total. The summed E-state index contributed by atoms with van der Waals surface area (Å²) in [5, 5.41) is 6.46. The van der Waals surface area contributed by atoms with E-state index < -0.39 is 0 Å². The molecule has 1 aliphatic carbocycles. The number of rotatable bonds is 5. The second-order valence-corrected chi connectivity index (χ2v) is 4.41. The third-order valence-electron chi connectivity index (χ3n) is 3.04. The van der Waals surface area contributed by atoms with Crippen molar-refractivity contribution in [1.82, 2.24) is 20.0 Å². The van der Waals surface area contributed by atoms with Crippen molar-refractivity contribution in [2.45, 2.75) is 18.9 Å². The molecule has 2 rings (SSSR count). The van der Waals surface area contributed by atoms with Gasteiger partial charge in [0.05, 0.1) is 0 Å². The summed E-state index contributed by atoms with van der Waals surface area (Å²) in [4.78, 5) is 15.9. The van der Waals surface area contributed by atoms with Gasteiger partial charge in [0.1, 0.15) is 5.69 Å². The second kappa shape index (κ2) is 4.65. The first-order chi connectivity index (χ1) is 7.68. The first-order valence-corrected chi connectivity index (χ1v) is 5.63. The third kappa shape index (κ3) is 2.61. The lowest BCUT2D eigenvalue weighted by atomic mass is 10.3. The van der Waals surface area contributed by atoms with Crippen molar-refractivity contribution in [3.8, 4) is 0 Å². The van der Waals surface area contributed by atoms with E-state index in [1.54, 1.807) is 17.2 Å². The summed E-state index contributed by atoms with van der Waals surface area (Å²) in [6, 6.07) is 2.44. The van der Waals surface area contributed by atoms with Gasteiger partial charge < -0.3 is 9.80 Å². The van der Waals surface area contributed by atoms with Gasteiger partial charge in [-0.2, -0.15) is 5.10 Å². The van der Waals surface area contributed by atoms with Gasteiger partial charge in [0, 0.05) is 32.4 Å². The highest BCUT2D eigenvalue weighted by Gasteiger charge is 2.26. The fourth-order valence-corrected chi connectivity index (χ4v) is 1.69. The van der Waals surface area contributed by atoms with Crippen LogP contribution in [0.4, 0.5) is 0 Å². The van der Waals surface area contributed by atoms with Crippen LogP contribution in [0.3, 0.4) is 0 Å². The number of carbonyl (C=O) groups excluding carboxylic acids is 1. The zero-order valence-corrected chi connectivity index (χ0v) is 9.81. The quantitative estimate of drug-likeness (QED) is 0.792. The molecule has 1 aliphatic rings. The molecule has 5 heteroatoms. The van der Waals surface area contributed by atoms with Crippen LogP contribution in [0.2, 0.25) is 0 Å². The molecule has 0 aromatic carbocycles. The van der Waals surface area contributed by atoms with Crippen LogP contribution in [-0.2, 0) is 0 Å². The minimum absolute atomic E-state index is 0.00157. The van der Waals surface area contributed by atoms with Crippen molar-refractivity contribution in [3.05, 3.63) is 18.0 Å². The van der Waals surface area contributed by atoms with Crippen LogP contribution in [-0.4, -0.2) is 59.1 Å². The van der Waals surface area contributed by atoms with Crippen molar-refractivity contribution >= 4 is 5.91 Å². The largest absolute Gasteiger partial charge is 0.339 e. The lowest BCUT2D eigenvalue weighted by molar-refractivity contribution is 0.0775. The molecule has 1 fully saturated rings. The van der Waals surface area contributed by atoms with Gasteiger partial charge in [0.15, 0.2) is 0 Å². The molecule has 1 aromatic heterocycles. The van der Waals surface area contributed by atoms with Crippen LogP contribution in [0.25, 0.3) is 0 Å². The average molecular weight is 222 g/mol. The number of nitrogens with one attached hydrogen (secondary N) is 1. The maximum Gasteiger partial charge on any atom is 0.271 e. The number of hydrogen-bond acceptors (Lipinski definition) is 3. The third-order valence-corrected chi connectivity index (χ3v) is 3.04. The van der Waals surface area contributed by atoms with Gasteiger partial charge in [-0.05, 0) is 26.0 Å². The highest BCUT2D eigenvalue weighted by molar-refractivity contribution is 5.91. The Labute approximate surface area is 95.4 Å². The molecule has 0 bridgehead atoms. The van der Waals surface area contributed by atoms with Gasteiger partial charge in [-0.15, -0.1) is 0 Å². The molecule has 0 atom stereocenters. The fourth-order valence-electron chi connectivity index (χ4n) is 1.69. The summed E-state index contributed by atoms with van der Waals surface area (Å²) in [6.07, 6.45) is 4.20. The average Bonchev–Trinajstić information content (AvgIpc) is 3.00. The van der Waals surface area contributed by atoms with Crippen LogP contribution >= 0.6 is 0 Å². The fraction of sp³-hybridized carbons (Fsp3) is 0.636. The standard InChI is InChI=1S/C11H18N4O/c1-14(9-3-4-9)7-8-15(2)11(16)10-5-6-12-13-10/h5-6,9H,3-4,7-8H2,1-2H3,(H,12,13). The van der Waals surface area contributed by atoms with Crippen molar-refractivity contribution in [2.24, 2.45) is 0 Å². The molecule has 0 saturated heterocycles. The number of carbonyl (C=O) groups is 1. The monoisotopic (exact) mass is 222 g/mol. The zero-order valence-electron chi connectivity index (χ0n) is 9.81. The maximum atomic E-state index is 11.8. The van der Waals surface area contributed by atoms with Crippen LogP contribution < -0.4 is 0 Å². The van der Waals surface area contributed by atoms with Gasteiger partial charge >= 0.3 is 0 Å². The number of aromatic amines is 1. The second-order valence-electron chi connectivity index (χ2n) is 4.41. The SMILES string of the molecule is CN(CCN(C)C1CC1)C(=O)c1ccn[nH]1. The molecule has 88 valence electrons. The van der Waals surface area contributed by atoms with E-state index >= 15 is 0 Å². The number of likely N-dealkylation sites (N-methyl/N-ethyl adjacent to an activating group) is 2. The molecule has 1 aromatic rings. The zero-order chi connectivity index (χ0) is 11.5. The molecule has 1 heterocycles.